The predicted octanol–water partition coefficient (Wildman–Crippen LogP) is 2.67. The molecule has 0 aromatic carbocycles. The largest absolute Gasteiger partial charge is 0.328 e. The molecule has 0 aromatic heterocycles. The van der Waals surface area contributed by atoms with Crippen molar-refractivity contribution in [1.29, 1.82) is 0 Å². The normalized spacial score (nSPS) is 32.6. The van der Waals surface area contributed by atoms with E-state index in [0.29, 0.717) is 11.5 Å². The van der Waals surface area contributed by atoms with E-state index in [4.69, 9.17) is 5.73 Å². The summed E-state index contributed by atoms with van der Waals surface area (Å²) in [5.74, 6) is 0.900. The van der Waals surface area contributed by atoms with E-state index in [0.717, 1.165) is 5.92 Å². The summed E-state index contributed by atoms with van der Waals surface area (Å²) in [4.78, 5) is 0. The van der Waals surface area contributed by atoms with Crippen molar-refractivity contribution in [3.05, 3.63) is 0 Å². The van der Waals surface area contributed by atoms with Gasteiger partial charge in [-0.3, -0.25) is 0 Å². The van der Waals surface area contributed by atoms with Crippen LogP contribution in [0, 0.1) is 11.3 Å². The van der Waals surface area contributed by atoms with E-state index in [1.54, 1.807) is 0 Å². The van der Waals surface area contributed by atoms with Crippen LogP contribution in [-0.2, 0) is 0 Å². The first kappa shape index (κ1) is 12.4. The molecule has 0 saturated heterocycles. The number of hydrogen-bond acceptors (Lipinski definition) is 2. The van der Waals surface area contributed by atoms with Crippen LogP contribution < -0.4 is 11.1 Å². The Balaban J connectivity index is 1.58. The molecule has 2 saturated carbocycles. The van der Waals surface area contributed by atoms with Crippen molar-refractivity contribution >= 4 is 0 Å². The standard InChI is InChI=1S/C14H28N2/c1-2-7-14(8-9-14)11-16-10-12-3-5-13(15)6-4-12/h12-13,16H,2-11,15H2,1H3. The van der Waals surface area contributed by atoms with Gasteiger partial charge in [0.1, 0.15) is 0 Å². The summed E-state index contributed by atoms with van der Waals surface area (Å²) in [5, 5.41) is 3.72. The summed E-state index contributed by atoms with van der Waals surface area (Å²) in [5.41, 5.74) is 6.63. The zero-order valence-corrected chi connectivity index (χ0v) is 10.8. The van der Waals surface area contributed by atoms with Gasteiger partial charge < -0.3 is 11.1 Å². The van der Waals surface area contributed by atoms with Gasteiger partial charge in [0, 0.05) is 12.6 Å². The molecule has 94 valence electrons. The fourth-order valence-corrected chi connectivity index (χ4v) is 3.16. The molecule has 2 aliphatic rings. The fourth-order valence-electron chi connectivity index (χ4n) is 3.16. The van der Waals surface area contributed by atoms with Crippen molar-refractivity contribution in [2.45, 2.75) is 64.3 Å². The molecule has 2 aliphatic carbocycles. The third kappa shape index (κ3) is 3.46. The van der Waals surface area contributed by atoms with Gasteiger partial charge in [0.25, 0.3) is 0 Å². The van der Waals surface area contributed by atoms with E-state index in [1.165, 1.54) is 64.5 Å². The van der Waals surface area contributed by atoms with E-state index in [2.05, 4.69) is 12.2 Å². The average molecular weight is 224 g/mol. The van der Waals surface area contributed by atoms with Crippen molar-refractivity contribution in [3.8, 4) is 0 Å². The topological polar surface area (TPSA) is 38.0 Å². The maximum absolute atomic E-state index is 5.92. The number of rotatable bonds is 6. The molecule has 0 atom stereocenters. The van der Waals surface area contributed by atoms with Gasteiger partial charge in [-0.05, 0) is 62.8 Å². The molecule has 2 heteroatoms. The van der Waals surface area contributed by atoms with Gasteiger partial charge in [-0.25, -0.2) is 0 Å². The maximum Gasteiger partial charge on any atom is 0.00390 e. The zero-order chi connectivity index (χ0) is 11.4. The second kappa shape index (κ2) is 5.50. The Hall–Kier alpha value is -0.0800. The van der Waals surface area contributed by atoms with Crippen molar-refractivity contribution in [2.75, 3.05) is 13.1 Å². The molecule has 16 heavy (non-hydrogen) atoms. The second-order valence-corrected chi connectivity index (χ2v) is 6.16. The van der Waals surface area contributed by atoms with Crippen LogP contribution in [0.2, 0.25) is 0 Å². The van der Waals surface area contributed by atoms with E-state index >= 15 is 0 Å². The monoisotopic (exact) mass is 224 g/mol. The molecule has 0 unspecified atom stereocenters. The molecular weight excluding hydrogens is 196 g/mol. The van der Waals surface area contributed by atoms with Crippen LogP contribution in [0.4, 0.5) is 0 Å². The maximum atomic E-state index is 5.92. The molecule has 2 nitrogen and oxygen atoms in total. The van der Waals surface area contributed by atoms with E-state index < -0.39 is 0 Å². The smallest absolute Gasteiger partial charge is 0.00390 e. The van der Waals surface area contributed by atoms with Gasteiger partial charge in [0.15, 0.2) is 0 Å². The summed E-state index contributed by atoms with van der Waals surface area (Å²) in [6.07, 6.45) is 10.9. The Morgan fingerprint density at radius 2 is 1.88 bits per heavy atom. The van der Waals surface area contributed by atoms with Crippen molar-refractivity contribution in [2.24, 2.45) is 17.1 Å². The minimum Gasteiger partial charge on any atom is -0.328 e. The Bertz CT molecular complexity index is 203. The fraction of sp³-hybridized carbons (Fsp3) is 1.00. The van der Waals surface area contributed by atoms with Crippen LogP contribution in [0.15, 0.2) is 0 Å². The lowest BCUT2D eigenvalue weighted by Gasteiger charge is -2.27. The molecule has 0 spiro atoms. The highest BCUT2D eigenvalue weighted by atomic mass is 14.9. The van der Waals surface area contributed by atoms with Gasteiger partial charge in [-0.15, -0.1) is 0 Å². The molecule has 0 aliphatic heterocycles. The minimum absolute atomic E-state index is 0.492. The molecule has 0 aromatic rings. The van der Waals surface area contributed by atoms with Gasteiger partial charge in [0.05, 0.1) is 0 Å². The van der Waals surface area contributed by atoms with Crippen molar-refractivity contribution in [3.63, 3.8) is 0 Å². The zero-order valence-electron chi connectivity index (χ0n) is 10.8. The lowest BCUT2D eigenvalue weighted by molar-refractivity contribution is 0.302. The average Bonchev–Trinajstić information content (AvgIpc) is 3.02. The molecule has 2 fully saturated rings. The predicted molar refractivity (Wildman–Crippen MR) is 69.4 cm³/mol. The third-order valence-electron chi connectivity index (χ3n) is 4.56. The third-order valence-corrected chi connectivity index (χ3v) is 4.56. The van der Waals surface area contributed by atoms with Crippen LogP contribution in [0.5, 0.6) is 0 Å². The molecule has 0 radical (unpaired) electrons. The summed E-state index contributed by atoms with van der Waals surface area (Å²) in [7, 11) is 0. The highest BCUT2D eigenvalue weighted by Gasteiger charge is 2.40. The number of hydrogen-bond donors (Lipinski definition) is 2. The van der Waals surface area contributed by atoms with Crippen LogP contribution in [0.3, 0.4) is 0 Å². The van der Waals surface area contributed by atoms with Crippen LogP contribution >= 0.6 is 0 Å². The van der Waals surface area contributed by atoms with Gasteiger partial charge >= 0.3 is 0 Å². The lowest BCUT2D eigenvalue weighted by Crippen LogP contribution is -2.33. The molecule has 0 amide bonds. The Kier molecular flexibility index (Phi) is 4.26. The first-order chi connectivity index (χ1) is 7.74. The quantitative estimate of drug-likeness (QED) is 0.728. The summed E-state index contributed by atoms with van der Waals surface area (Å²) >= 11 is 0. The molecule has 0 bridgehead atoms. The summed E-state index contributed by atoms with van der Waals surface area (Å²) < 4.78 is 0. The summed E-state index contributed by atoms with van der Waals surface area (Å²) in [6.45, 7) is 4.81. The Morgan fingerprint density at radius 1 is 1.19 bits per heavy atom. The van der Waals surface area contributed by atoms with Crippen molar-refractivity contribution < 1.29 is 0 Å². The minimum atomic E-state index is 0.492. The molecule has 3 N–H and O–H groups in total. The van der Waals surface area contributed by atoms with Gasteiger partial charge in [-0.2, -0.15) is 0 Å². The highest BCUT2D eigenvalue weighted by molar-refractivity contribution is 4.94. The SMILES string of the molecule is CCCC1(CNCC2CCC(N)CC2)CC1. The highest BCUT2D eigenvalue weighted by Crippen LogP contribution is 2.48. The second-order valence-electron chi connectivity index (χ2n) is 6.16. The van der Waals surface area contributed by atoms with Crippen LogP contribution in [0.1, 0.15) is 58.3 Å². The van der Waals surface area contributed by atoms with Crippen LogP contribution in [-0.4, -0.2) is 19.1 Å². The first-order valence-electron chi connectivity index (χ1n) is 7.20. The van der Waals surface area contributed by atoms with E-state index in [-0.39, 0.29) is 0 Å². The molecule has 2 rings (SSSR count). The van der Waals surface area contributed by atoms with Gasteiger partial charge in [-0.1, -0.05) is 13.3 Å². The first-order valence-corrected chi connectivity index (χ1v) is 7.20. The lowest BCUT2D eigenvalue weighted by atomic mass is 9.86. The Labute approximate surface area is 100 Å². The van der Waals surface area contributed by atoms with E-state index in [9.17, 15) is 0 Å². The van der Waals surface area contributed by atoms with E-state index in [1.807, 2.05) is 0 Å². The summed E-state index contributed by atoms with van der Waals surface area (Å²) in [6, 6.07) is 0.492. The van der Waals surface area contributed by atoms with Crippen molar-refractivity contribution in [1.82, 2.24) is 5.32 Å². The Morgan fingerprint density at radius 3 is 2.44 bits per heavy atom. The van der Waals surface area contributed by atoms with Crippen LogP contribution in [0.25, 0.3) is 0 Å². The number of nitrogens with one attached hydrogen (secondary N) is 1. The number of nitrogens with two attached hydrogens (primary N) is 1. The van der Waals surface area contributed by atoms with Gasteiger partial charge in [0.2, 0.25) is 0 Å². The molecular formula is C14H28N2. The molecule has 0 heterocycles.